The Morgan fingerprint density at radius 2 is 1.16 bits per heavy atom. The average Bonchev–Trinajstić information content (AvgIpc) is 3.06. The van der Waals surface area contributed by atoms with E-state index in [4.69, 9.17) is 18.9 Å². The summed E-state index contributed by atoms with van der Waals surface area (Å²) >= 11 is 1.24. The SMILES string of the molecule is O=C(OC[C@H]1O[C@H](Sc2ccccc2)[C@@H](OCc2ccccc2)[C@@H](OCc2ccccc2)[C@@H]1O)c1c(F)c(F)c(F)c(F)c1F. The first-order valence-corrected chi connectivity index (χ1v) is 14.7. The van der Waals surface area contributed by atoms with E-state index in [-0.39, 0.29) is 13.2 Å². The molecule has 1 saturated heterocycles. The molecule has 4 aromatic rings. The van der Waals surface area contributed by atoms with E-state index in [1.54, 1.807) is 0 Å². The number of rotatable bonds is 11. The number of thioether (sulfide) groups is 1. The molecule has 1 aliphatic rings. The second-order valence-corrected chi connectivity index (χ2v) is 11.2. The summed E-state index contributed by atoms with van der Waals surface area (Å²) < 4.78 is 93.0. The van der Waals surface area contributed by atoms with Gasteiger partial charge in [0.1, 0.15) is 42.0 Å². The molecule has 0 saturated carbocycles. The zero-order valence-electron chi connectivity index (χ0n) is 23.5. The Balaban J connectivity index is 1.41. The van der Waals surface area contributed by atoms with E-state index >= 15 is 0 Å². The molecule has 236 valence electrons. The molecule has 0 aromatic heterocycles. The van der Waals surface area contributed by atoms with Crippen molar-refractivity contribution in [1.82, 2.24) is 0 Å². The fourth-order valence-electron chi connectivity index (χ4n) is 4.67. The molecule has 1 aliphatic heterocycles. The highest BCUT2D eigenvalue weighted by atomic mass is 32.2. The lowest BCUT2D eigenvalue weighted by molar-refractivity contribution is -0.237. The normalized spacial score (nSPS) is 21.4. The maximum atomic E-state index is 14.3. The Bertz CT molecular complexity index is 1550. The van der Waals surface area contributed by atoms with Crippen LogP contribution in [0.1, 0.15) is 21.5 Å². The molecule has 0 spiro atoms. The monoisotopic (exact) mass is 646 g/mol. The highest BCUT2D eigenvalue weighted by Gasteiger charge is 2.48. The summed E-state index contributed by atoms with van der Waals surface area (Å²) in [5, 5.41) is 11.4. The van der Waals surface area contributed by atoms with Gasteiger partial charge in [-0.1, -0.05) is 90.6 Å². The smallest absolute Gasteiger partial charge is 0.344 e. The highest BCUT2D eigenvalue weighted by Crippen LogP contribution is 2.37. The van der Waals surface area contributed by atoms with Gasteiger partial charge in [0, 0.05) is 4.90 Å². The summed E-state index contributed by atoms with van der Waals surface area (Å²) in [5.74, 6) is -13.5. The molecule has 0 bridgehead atoms. The second kappa shape index (κ2) is 15.0. The maximum absolute atomic E-state index is 14.3. The van der Waals surface area contributed by atoms with E-state index < -0.39 is 77.1 Å². The number of ether oxygens (including phenoxy) is 4. The minimum absolute atomic E-state index is 0.0630. The van der Waals surface area contributed by atoms with Crippen LogP contribution in [0.3, 0.4) is 0 Å². The summed E-state index contributed by atoms with van der Waals surface area (Å²) in [7, 11) is 0. The lowest BCUT2D eigenvalue weighted by atomic mass is 9.99. The minimum atomic E-state index is -2.41. The van der Waals surface area contributed by atoms with Crippen LogP contribution in [0.25, 0.3) is 0 Å². The van der Waals surface area contributed by atoms with Gasteiger partial charge in [-0.05, 0) is 23.3 Å². The highest BCUT2D eigenvalue weighted by molar-refractivity contribution is 7.99. The fourth-order valence-corrected chi connectivity index (χ4v) is 5.82. The topological polar surface area (TPSA) is 74.2 Å². The Labute approximate surface area is 259 Å². The molecular formula is C33H27F5O6S. The van der Waals surface area contributed by atoms with Crippen LogP contribution >= 0.6 is 11.8 Å². The van der Waals surface area contributed by atoms with Crippen LogP contribution in [0.15, 0.2) is 95.9 Å². The van der Waals surface area contributed by atoms with Crippen molar-refractivity contribution < 1.29 is 50.8 Å². The van der Waals surface area contributed by atoms with E-state index in [1.807, 2.05) is 91.0 Å². The number of aliphatic hydroxyl groups is 1. The van der Waals surface area contributed by atoms with Gasteiger partial charge in [0.2, 0.25) is 5.82 Å². The minimum Gasteiger partial charge on any atom is -0.459 e. The van der Waals surface area contributed by atoms with Crippen molar-refractivity contribution >= 4 is 17.7 Å². The van der Waals surface area contributed by atoms with Gasteiger partial charge in [-0.2, -0.15) is 0 Å². The number of halogens is 5. The van der Waals surface area contributed by atoms with Crippen LogP contribution in [0.2, 0.25) is 0 Å². The molecule has 5 atom stereocenters. The van der Waals surface area contributed by atoms with Gasteiger partial charge in [0.05, 0.1) is 13.2 Å². The summed E-state index contributed by atoms with van der Waals surface area (Å²) in [4.78, 5) is 13.4. The molecule has 1 N–H and O–H groups in total. The van der Waals surface area contributed by atoms with Gasteiger partial charge in [0.25, 0.3) is 0 Å². The van der Waals surface area contributed by atoms with Gasteiger partial charge in [-0.25, -0.2) is 26.7 Å². The predicted octanol–water partition coefficient (Wildman–Crippen LogP) is 6.59. The summed E-state index contributed by atoms with van der Waals surface area (Å²) in [6, 6.07) is 27.5. The van der Waals surface area contributed by atoms with Crippen molar-refractivity contribution in [3.05, 3.63) is 137 Å². The molecule has 1 heterocycles. The van der Waals surface area contributed by atoms with Crippen LogP contribution in [0, 0.1) is 29.1 Å². The van der Waals surface area contributed by atoms with Crippen molar-refractivity contribution in [3.8, 4) is 0 Å². The number of hydrogen-bond donors (Lipinski definition) is 1. The fraction of sp³-hybridized carbons (Fsp3) is 0.242. The van der Waals surface area contributed by atoms with Crippen LogP contribution in [-0.2, 0) is 32.2 Å². The largest absolute Gasteiger partial charge is 0.459 e. The molecule has 45 heavy (non-hydrogen) atoms. The molecule has 0 aliphatic carbocycles. The van der Waals surface area contributed by atoms with Gasteiger partial charge >= 0.3 is 5.97 Å². The van der Waals surface area contributed by atoms with Gasteiger partial charge in [-0.15, -0.1) is 0 Å². The van der Waals surface area contributed by atoms with E-state index in [9.17, 15) is 31.9 Å². The summed E-state index contributed by atoms with van der Waals surface area (Å²) in [6.45, 7) is -0.603. The molecule has 1 fully saturated rings. The standard InChI is InChI=1S/C33H27F5O6S/c34-24-23(25(35)27(37)28(38)26(24)36)32(40)43-18-22-29(39)30(41-16-19-10-4-1-5-11-19)31(42-17-20-12-6-2-7-13-20)33(44-22)45-21-14-8-3-9-15-21/h1-15,22,29-31,33,39H,16-18H2/t22-,29-,30+,31+,33-/m1/s1. The number of esters is 1. The first kappa shape index (κ1) is 32.6. The number of benzene rings is 4. The van der Waals surface area contributed by atoms with Gasteiger partial charge < -0.3 is 24.1 Å². The summed E-state index contributed by atoms with van der Waals surface area (Å²) in [5.41, 5.74) is -0.985. The number of carbonyl (C=O) groups excluding carboxylic acids is 1. The van der Waals surface area contributed by atoms with Gasteiger partial charge in [0.15, 0.2) is 23.3 Å². The molecule has 0 radical (unpaired) electrons. The molecule has 4 aromatic carbocycles. The van der Waals surface area contributed by atoms with E-state index in [1.165, 1.54) is 11.8 Å². The zero-order valence-corrected chi connectivity index (χ0v) is 24.3. The van der Waals surface area contributed by atoms with Crippen molar-refractivity contribution in [3.63, 3.8) is 0 Å². The van der Waals surface area contributed by atoms with E-state index in [2.05, 4.69) is 0 Å². The quantitative estimate of drug-likeness (QED) is 0.0854. The Morgan fingerprint density at radius 1 is 0.689 bits per heavy atom. The number of hydrogen-bond acceptors (Lipinski definition) is 7. The average molecular weight is 647 g/mol. The van der Waals surface area contributed by atoms with Crippen LogP contribution in [0.4, 0.5) is 22.0 Å². The first-order chi connectivity index (χ1) is 21.7. The third kappa shape index (κ3) is 7.71. The Hall–Kier alpha value is -3.81. The second-order valence-electron chi connectivity index (χ2n) is 10.0. The van der Waals surface area contributed by atoms with Crippen molar-refractivity contribution in [2.75, 3.05) is 6.61 Å². The van der Waals surface area contributed by atoms with Crippen LogP contribution in [-0.4, -0.2) is 47.5 Å². The molecule has 0 amide bonds. The van der Waals surface area contributed by atoms with E-state index in [0.717, 1.165) is 16.0 Å². The third-order valence-electron chi connectivity index (χ3n) is 6.98. The zero-order chi connectivity index (χ0) is 31.9. The van der Waals surface area contributed by atoms with Crippen molar-refractivity contribution in [2.45, 2.75) is 48.0 Å². The predicted molar refractivity (Wildman–Crippen MR) is 154 cm³/mol. The third-order valence-corrected chi connectivity index (χ3v) is 8.13. The van der Waals surface area contributed by atoms with Gasteiger partial charge in [-0.3, -0.25) is 0 Å². The van der Waals surface area contributed by atoms with Crippen LogP contribution in [0.5, 0.6) is 0 Å². The Kier molecular flexibility index (Phi) is 10.8. The number of aliphatic hydroxyl groups excluding tert-OH is 1. The molecule has 12 heteroatoms. The first-order valence-electron chi connectivity index (χ1n) is 13.8. The molecule has 6 nitrogen and oxygen atoms in total. The van der Waals surface area contributed by atoms with Crippen molar-refractivity contribution in [2.24, 2.45) is 0 Å². The maximum Gasteiger partial charge on any atom is 0.344 e. The van der Waals surface area contributed by atoms with Crippen molar-refractivity contribution in [1.29, 1.82) is 0 Å². The van der Waals surface area contributed by atoms with E-state index in [0.29, 0.717) is 0 Å². The Morgan fingerprint density at radius 3 is 1.69 bits per heavy atom. The molecular weight excluding hydrogens is 619 g/mol. The molecule has 5 rings (SSSR count). The number of carbonyl (C=O) groups is 1. The lowest BCUT2D eigenvalue weighted by Crippen LogP contribution is -2.59. The summed E-state index contributed by atoms with van der Waals surface area (Å²) in [6.07, 6.45) is -4.79. The molecule has 0 unspecified atom stereocenters. The lowest BCUT2D eigenvalue weighted by Gasteiger charge is -2.44. The van der Waals surface area contributed by atoms with Crippen LogP contribution < -0.4 is 0 Å².